The highest BCUT2D eigenvalue weighted by Gasteiger charge is 2.20. The van der Waals surface area contributed by atoms with Gasteiger partial charge in [0.15, 0.2) is 23.1 Å². The molecule has 0 bridgehead atoms. The lowest BCUT2D eigenvalue weighted by molar-refractivity contribution is 0.352. The third kappa shape index (κ3) is 2.58. The molecule has 2 aromatic rings. The Morgan fingerprint density at radius 2 is 1.74 bits per heavy atom. The number of aromatic nitrogens is 1. The Hall–Kier alpha value is -1.56. The van der Waals surface area contributed by atoms with E-state index >= 15 is 0 Å². The van der Waals surface area contributed by atoms with Crippen LogP contribution in [0.3, 0.4) is 0 Å². The molecule has 0 radical (unpaired) electrons. The lowest BCUT2D eigenvalue weighted by Crippen LogP contribution is -2.07. The summed E-state index contributed by atoms with van der Waals surface area (Å²) in [5.74, 6) is -1.53. The van der Waals surface area contributed by atoms with Gasteiger partial charge in [-0.05, 0) is 28.1 Å². The van der Waals surface area contributed by atoms with Crippen molar-refractivity contribution >= 4 is 15.9 Å². The summed E-state index contributed by atoms with van der Waals surface area (Å²) in [5.41, 5.74) is -0.104. The molecule has 0 spiro atoms. The smallest absolute Gasteiger partial charge is 0.173 e. The quantitative estimate of drug-likeness (QED) is 0.854. The van der Waals surface area contributed by atoms with Gasteiger partial charge in [0, 0.05) is 12.3 Å². The Morgan fingerprint density at radius 3 is 2.16 bits per heavy atom. The van der Waals surface area contributed by atoms with Crippen LogP contribution in [0.1, 0.15) is 5.56 Å². The lowest BCUT2D eigenvalue weighted by atomic mass is 10.1. The van der Waals surface area contributed by atoms with Gasteiger partial charge in [-0.15, -0.1) is 0 Å². The molecule has 0 amide bonds. The fraction of sp³-hybridized carbons (Fsp3) is 0.231. The van der Waals surface area contributed by atoms with Crippen molar-refractivity contribution in [2.24, 2.45) is 0 Å². The van der Waals surface area contributed by atoms with E-state index in [2.05, 4.69) is 15.9 Å². The van der Waals surface area contributed by atoms with E-state index < -0.39 is 11.6 Å². The topological polar surface area (TPSA) is 23.4 Å². The van der Waals surface area contributed by atoms with Crippen molar-refractivity contribution in [1.82, 2.24) is 4.57 Å². The SMILES string of the molecule is COc1cc(OC)c(F)c(Cn2cccc2Br)c1F. The van der Waals surface area contributed by atoms with Crippen LogP contribution in [0.2, 0.25) is 0 Å². The first kappa shape index (κ1) is 13.9. The Labute approximate surface area is 117 Å². The van der Waals surface area contributed by atoms with Gasteiger partial charge < -0.3 is 14.0 Å². The predicted molar refractivity (Wildman–Crippen MR) is 70.7 cm³/mol. The minimum absolute atomic E-state index is 0.0405. The van der Waals surface area contributed by atoms with Crippen molar-refractivity contribution < 1.29 is 18.3 Å². The van der Waals surface area contributed by atoms with Gasteiger partial charge in [0.2, 0.25) is 0 Å². The van der Waals surface area contributed by atoms with Gasteiger partial charge in [-0.1, -0.05) is 0 Å². The van der Waals surface area contributed by atoms with E-state index in [0.29, 0.717) is 0 Å². The lowest BCUT2D eigenvalue weighted by Gasteiger charge is -2.13. The maximum absolute atomic E-state index is 14.1. The van der Waals surface area contributed by atoms with Gasteiger partial charge in [-0.25, -0.2) is 8.78 Å². The molecule has 0 unspecified atom stereocenters. The van der Waals surface area contributed by atoms with Crippen LogP contribution in [-0.2, 0) is 6.54 Å². The van der Waals surface area contributed by atoms with Gasteiger partial charge in [0.25, 0.3) is 0 Å². The van der Waals surface area contributed by atoms with Gasteiger partial charge in [0.1, 0.15) is 0 Å². The molecule has 0 saturated heterocycles. The standard InChI is InChI=1S/C13H12BrF2NO2/c1-18-9-6-10(19-2)13(16)8(12(9)15)7-17-5-3-4-11(17)14/h3-6H,7H2,1-2H3. The number of hydrogen-bond acceptors (Lipinski definition) is 2. The molecule has 0 N–H and O–H groups in total. The predicted octanol–water partition coefficient (Wildman–Crippen LogP) is 3.59. The summed E-state index contributed by atoms with van der Waals surface area (Å²) in [6.07, 6.45) is 1.72. The van der Waals surface area contributed by atoms with Crippen molar-refractivity contribution in [2.45, 2.75) is 6.54 Å². The van der Waals surface area contributed by atoms with Crippen LogP contribution in [0.4, 0.5) is 8.78 Å². The highest BCUT2D eigenvalue weighted by Crippen LogP contribution is 2.32. The zero-order valence-corrected chi connectivity index (χ0v) is 12.0. The van der Waals surface area contributed by atoms with Gasteiger partial charge in [0.05, 0.1) is 30.9 Å². The zero-order chi connectivity index (χ0) is 14.0. The first-order valence-corrected chi connectivity index (χ1v) is 6.27. The molecule has 0 aliphatic carbocycles. The molecule has 0 fully saturated rings. The van der Waals surface area contributed by atoms with Crippen molar-refractivity contribution in [3.63, 3.8) is 0 Å². The molecule has 1 aromatic carbocycles. The van der Waals surface area contributed by atoms with Crippen LogP contribution < -0.4 is 9.47 Å². The summed E-state index contributed by atoms with van der Waals surface area (Å²) in [6, 6.07) is 4.75. The molecule has 0 atom stereocenters. The number of rotatable bonds is 4. The van der Waals surface area contributed by atoms with Crippen LogP contribution in [0.5, 0.6) is 11.5 Å². The number of halogens is 3. The van der Waals surface area contributed by atoms with E-state index in [9.17, 15) is 8.78 Å². The first-order valence-electron chi connectivity index (χ1n) is 5.48. The van der Waals surface area contributed by atoms with E-state index in [4.69, 9.17) is 9.47 Å². The maximum atomic E-state index is 14.1. The van der Waals surface area contributed by atoms with Crippen LogP contribution in [0.15, 0.2) is 29.0 Å². The van der Waals surface area contributed by atoms with Crippen molar-refractivity contribution in [2.75, 3.05) is 14.2 Å². The summed E-state index contributed by atoms with van der Waals surface area (Å²) in [7, 11) is 2.65. The largest absolute Gasteiger partial charge is 0.494 e. The minimum atomic E-state index is -0.721. The van der Waals surface area contributed by atoms with E-state index in [1.807, 2.05) is 0 Å². The van der Waals surface area contributed by atoms with E-state index in [1.54, 1.807) is 22.9 Å². The molecule has 6 heteroatoms. The van der Waals surface area contributed by atoms with Crippen molar-refractivity contribution in [1.29, 1.82) is 0 Å². The molecule has 19 heavy (non-hydrogen) atoms. The molecular formula is C13H12BrF2NO2. The molecule has 1 aromatic heterocycles. The normalized spacial score (nSPS) is 10.6. The van der Waals surface area contributed by atoms with Crippen LogP contribution in [0.25, 0.3) is 0 Å². The molecule has 3 nitrogen and oxygen atoms in total. The second-order valence-corrected chi connectivity index (χ2v) is 4.66. The zero-order valence-electron chi connectivity index (χ0n) is 10.4. The third-order valence-corrected chi connectivity index (χ3v) is 3.49. The van der Waals surface area contributed by atoms with Crippen LogP contribution >= 0.6 is 15.9 Å². The van der Waals surface area contributed by atoms with Crippen molar-refractivity contribution in [3.05, 3.63) is 46.2 Å². The Bertz CT molecular complexity index is 570. The van der Waals surface area contributed by atoms with E-state index in [-0.39, 0.29) is 23.6 Å². The number of methoxy groups -OCH3 is 2. The molecule has 0 aliphatic rings. The molecule has 0 saturated carbocycles. The molecule has 102 valence electrons. The number of hydrogen-bond donors (Lipinski definition) is 0. The first-order chi connectivity index (χ1) is 9.08. The molecule has 0 aliphatic heterocycles. The minimum Gasteiger partial charge on any atom is -0.494 e. The second kappa shape index (κ2) is 5.61. The third-order valence-electron chi connectivity index (χ3n) is 2.77. The fourth-order valence-electron chi connectivity index (χ4n) is 1.77. The Balaban J connectivity index is 2.52. The average molecular weight is 332 g/mol. The summed E-state index contributed by atoms with van der Waals surface area (Å²) >= 11 is 3.30. The summed E-state index contributed by atoms with van der Waals surface area (Å²) < 4.78 is 40.4. The maximum Gasteiger partial charge on any atom is 0.173 e. The highest BCUT2D eigenvalue weighted by molar-refractivity contribution is 9.10. The number of nitrogens with zero attached hydrogens (tertiary/aromatic N) is 1. The molecule has 1 heterocycles. The Kier molecular flexibility index (Phi) is 4.09. The summed E-state index contributed by atoms with van der Waals surface area (Å²) in [5, 5.41) is 0. The van der Waals surface area contributed by atoms with Crippen LogP contribution in [0, 0.1) is 11.6 Å². The molecular weight excluding hydrogens is 320 g/mol. The van der Waals surface area contributed by atoms with E-state index in [1.165, 1.54) is 20.3 Å². The van der Waals surface area contributed by atoms with Crippen LogP contribution in [-0.4, -0.2) is 18.8 Å². The van der Waals surface area contributed by atoms with E-state index in [0.717, 1.165) is 4.60 Å². The van der Waals surface area contributed by atoms with Gasteiger partial charge in [-0.3, -0.25) is 0 Å². The van der Waals surface area contributed by atoms with Gasteiger partial charge >= 0.3 is 0 Å². The average Bonchev–Trinajstić information content (AvgIpc) is 2.80. The summed E-state index contributed by atoms with van der Waals surface area (Å²) in [6.45, 7) is 0.0405. The highest BCUT2D eigenvalue weighted by atomic mass is 79.9. The Morgan fingerprint density at radius 1 is 1.16 bits per heavy atom. The summed E-state index contributed by atoms with van der Waals surface area (Å²) in [4.78, 5) is 0. The van der Waals surface area contributed by atoms with Gasteiger partial charge in [-0.2, -0.15) is 0 Å². The number of ether oxygens (including phenoxy) is 2. The second-order valence-electron chi connectivity index (χ2n) is 3.85. The number of benzene rings is 1. The monoisotopic (exact) mass is 331 g/mol. The molecule has 2 rings (SSSR count). The van der Waals surface area contributed by atoms with Crippen molar-refractivity contribution in [3.8, 4) is 11.5 Å². The fourth-order valence-corrected chi connectivity index (χ4v) is 2.16.